The number of aromatic nitrogens is 2. The fourth-order valence-corrected chi connectivity index (χ4v) is 1.33. The zero-order valence-electron chi connectivity index (χ0n) is 8.75. The van der Waals surface area contributed by atoms with Crippen LogP contribution in [0, 0.1) is 0 Å². The molecular formula is C7H12N6O3S. The Hall–Kier alpha value is -1.78. The number of sulfonamides is 1. The SMILES string of the molecule is NNc1cncc(C(=O)NCCS(N)(=O)=O)n1. The summed E-state index contributed by atoms with van der Waals surface area (Å²) in [4.78, 5) is 19.0. The van der Waals surface area contributed by atoms with Crippen molar-refractivity contribution in [3.05, 3.63) is 18.1 Å². The molecule has 0 aliphatic rings. The molecule has 9 nitrogen and oxygen atoms in total. The molecule has 17 heavy (non-hydrogen) atoms. The second-order valence-electron chi connectivity index (χ2n) is 3.06. The Labute approximate surface area is 97.6 Å². The van der Waals surface area contributed by atoms with Gasteiger partial charge in [0.1, 0.15) is 5.69 Å². The topological polar surface area (TPSA) is 153 Å². The van der Waals surface area contributed by atoms with Gasteiger partial charge in [-0.3, -0.25) is 9.78 Å². The summed E-state index contributed by atoms with van der Waals surface area (Å²) < 4.78 is 21.2. The van der Waals surface area contributed by atoms with E-state index >= 15 is 0 Å². The van der Waals surface area contributed by atoms with Gasteiger partial charge in [0, 0.05) is 6.54 Å². The third kappa shape index (κ3) is 4.72. The number of nitrogen functional groups attached to an aromatic ring is 1. The van der Waals surface area contributed by atoms with E-state index in [0.29, 0.717) is 0 Å². The van der Waals surface area contributed by atoms with Gasteiger partial charge >= 0.3 is 0 Å². The highest BCUT2D eigenvalue weighted by molar-refractivity contribution is 7.89. The van der Waals surface area contributed by atoms with Crippen LogP contribution in [0.2, 0.25) is 0 Å². The predicted octanol–water partition coefficient (Wildman–Crippen LogP) is -2.22. The molecule has 10 heteroatoms. The summed E-state index contributed by atoms with van der Waals surface area (Å²) in [6.45, 7) is -0.0976. The van der Waals surface area contributed by atoms with E-state index < -0.39 is 15.9 Å². The van der Waals surface area contributed by atoms with Crippen LogP contribution >= 0.6 is 0 Å². The number of carbonyl (C=O) groups is 1. The van der Waals surface area contributed by atoms with Gasteiger partial charge in [0.05, 0.1) is 18.1 Å². The summed E-state index contributed by atoms with van der Waals surface area (Å²) in [7, 11) is -3.60. The monoisotopic (exact) mass is 260 g/mol. The number of rotatable bonds is 5. The van der Waals surface area contributed by atoms with Gasteiger partial charge in [0.2, 0.25) is 10.0 Å². The summed E-state index contributed by atoms with van der Waals surface area (Å²) in [5.74, 6) is 4.42. The van der Waals surface area contributed by atoms with Gasteiger partial charge in [-0.05, 0) is 0 Å². The van der Waals surface area contributed by atoms with Crippen molar-refractivity contribution < 1.29 is 13.2 Å². The molecule has 0 unspecified atom stereocenters. The van der Waals surface area contributed by atoms with Crippen molar-refractivity contribution in [1.29, 1.82) is 0 Å². The van der Waals surface area contributed by atoms with Crippen LogP contribution in [-0.4, -0.2) is 36.6 Å². The molecule has 0 aliphatic carbocycles. The van der Waals surface area contributed by atoms with Crippen LogP contribution in [-0.2, 0) is 10.0 Å². The van der Waals surface area contributed by atoms with E-state index in [4.69, 9.17) is 11.0 Å². The molecule has 6 N–H and O–H groups in total. The van der Waals surface area contributed by atoms with Crippen LogP contribution < -0.4 is 21.7 Å². The third-order valence-electron chi connectivity index (χ3n) is 1.69. The average molecular weight is 260 g/mol. The number of nitrogens with two attached hydrogens (primary N) is 2. The van der Waals surface area contributed by atoms with E-state index in [1.165, 1.54) is 12.4 Å². The highest BCUT2D eigenvalue weighted by Gasteiger charge is 2.09. The van der Waals surface area contributed by atoms with E-state index in [-0.39, 0.29) is 23.8 Å². The van der Waals surface area contributed by atoms with Crippen LogP contribution in [0.5, 0.6) is 0 Å². The lowest BCUT2D eigenvalue weighted by Crippen LogP contribution is -2.32. The highest BCUT2D eigenvalue weighted by atomic mass is 32.2. The molecule has 1 rings (SSSR count). The molecule has 0 fully saturated rings. The van der Waals surface area contributed by atoms with E-state index in [9.17, 15) is 13.2 Å². The Morgan fingerprint density at radius 3 is 2.71 bits per heavy atom. The summed E-state index contributed by atoms with van der Waals surface area (Å²) in [6.07, 6.45) is 2.56. The number of amides is 1. The van der Waals surface area contributed by atoms with Crippen molar-refractivity contribution in [3.8, 4) is 0 Å². The molecule has 1 heterocycles. The van der Waals surface area contributed by atoms with Crippen LogP contribution in [0.3, 0.4) is 0 Å². The number of nitrogens with zero attached hydrogens (tertiary/aromatic N) is 2. The van der Waals surface area contributed by atoms with Gasteiger partial charge in [-0.15, -0.1) is 0 Å². The molecule has 0 radical (unpaired) electrons. The maximum atomic E-state index is 11.5. The Morgan fingerprint density at radius 2 is 2.12 bits per heavy atom. The van der Waals surface area contributed by atoms with E-state index in [0.717, 1.165) is 0 Å². The van der Waals surface area contributed by atoms with Crippen molar-refractivity contribution in [2.45, 2.75) is 0 Å². The lowest BCUT2D eigenvalue weighted by atomic mass is 10.4. The summed E-state index contributed by atoms with van der Waals surface area (Å²) in [6, 6.07) is 0. The van der Waals surface area contributed by atoms with Gasteiger partial charge in [-0.1, -0.05) is 0 Å². The van der Waals surface area contributed by atoms with Gasteiger partial charge in [0.15, 0.2) is 5.82 Å². The maximum absolute atomic E-state index is 11.5. The molecule has 1 aromatic heterocycles. The summed E-state index contributed by atoms with van der Waals surface area (Å²) in [5, 5.41) is 7.11. The molecule has 1 aromatic rings. The predicted molar refractivity (Wildman–Crippen MR) is 60.1 cm³/mol. The van der Waals surface area contributed by atoms with Crippen molar-refractivity contribution in [2.24, 2.45) is 11.0 Å². The van der Waals surface area contributed by atoms with Crippen molar-refractivity contribution in [2.75, 3.05) is 17.7 Å². The normalized spacial score (nSPS) is 10.9. The first kappa shape index (κ1) is 13.3. The largest absolute Gasteiger partial charge is 0.350 e. The first-order valence-corrected chi connectivity index (χ1v) is 6.21. The Bertz CT molecular complexity index is 502. The number of hydrogen-bond donors (Lipinski definition) is 4. The van der Waals surface area contributed by atoms with Gasteiger partial charge in [-0.2, -0.15) is 0 Å². The molecule has 0 saturated carbocycles. The molecule has 0 saturated heterocycles. The number of primary sulfonamides is 1. The van der Waals surface area contributed by atoms with Crippen LogP contribution in [0.4, 0.5) is 5.82 Å². The average Bonchev–Trinajstić information content (AvgIpc) is 2.27. The fourth-order valence-electron chi connectivity index (χ4n) is 0.942. The quantitative estimate of drug-likeness (QED) is 0.345. The lowest BCUT2D eigenvalue weighted by molar-refractivity contribution is 0.0951. The second-order valence-corrected chi connectivity index (χ2v) is 4.79. The summed E-state index contributed by atoms with van der Waals surface area (Å²) >= 11 is 0. The second kappa shape index (κ2) is 5.52. The zero-order chi connectivity index (χ0) is 12.9. The molecule has 0 aromatic carbocycles. The number of hydrazine groups is 1. The van der Waals surface area contributed by atoms with Crippen molar-refractivity contribution in [3.63, 3.8) is 0 Å². The van der Waals surface area contributed by atoms with E-state index in [1.807, 2.05) is 0 Å². The van der Waals surface area contributed by atoms with Crippen LogP contribution in [0.15, 0.2) is 12.4 Å². The van der Waals surface area contributed by atoms with E-state index in [1.54, 1.807) is 0 Å². The molecule has 94 valence electrons. The van der Waals surface area contributed by atoms with Crippen molar-refractivity contribution in [1.82, 2.24) is 15.3 Å². The maximum Gasteiger partial charge on any atom is 0.271 e. The van der Waals surface area contributed by atoms with Crippen molar-refractivity contribution >= 4 is 21.7 Å². The summed E-state index contributed by atoms with van der Waals surface area (Å²) in [5.41, 5.74) is 2.26. The number of hydrogen-bond acceptors (Lipinski definition) is 7. The minimum absolute atomic E-state index is 0.0230. The standard InChI is InChI=1S/C7H12N6O3S/c8-13-6-4-10-3-5(12-6)7(14)11-1-2-17(9,15)16/h3-4H,1-2,8H2,(H,11,14)(H,12,13)(H2,9,15,16). The Balaban J connectivity index is 2.58. The fraction of sp³-hybridized carbons (Fsp3) is 0.286. The van der Waals surface area contributed by atoms with Gasteiger partial charge in [-0.25, -0.2) is 24.4 Å². The van der Waals surface area contributed by atoms with Crippen LogP contribution in [0.25, 0.3) is 0 Å². The Morgan fingerprint density at radius 1 is 1.41 bits per heavy atom. The zero-order valence-corrected chi connectivity index (χ0v) is 9.57. The minimum Gasteiger partial charge on any atom is -0.350 e. The Kier molecular flexibility index (Phi) is 4.31. The molecular weight excluding hydrogens is 248 g/mol. The first-order valence-electron chi connectivity index (χ1n) is 4.50. The lowest BCUT2D eigenvalue weighted by Gasteiger charge is -2.04. The smallest absolute Gasteiger partial charge is 0.271 e. The van der Waals surface area contributed by atoms with Gasteiger partial charge < -0.3 is 10.7 Å². The highest BCUT2D eigenvalue weighted by Crippen LogP contribution is 1.99. The third-order valence-corrected chi connectivity index (χ3v) is 2.46. The molecule has 0 spiro atoms. The number of anilines is 1. The molecule has 0 aliphatic heterocycles. The van der Waals surface area contributed by atoms with E-state index in [2.05, 4.69) is 20.7 Å². The molecule has 0 bridgehead atoms. The number of nitrogens with one attached hydrogen (secondary N) is 2. The minimum atomic E-state index is -3.60. The number of carbonyl (C=O) groups excluding carboxylic acids is 1. The van der Waals surface area contributed by atoms with Gasteiger partial charge in [0.25, 0.3) is 5.91 Å². The van der Waals surface area contributed by atoms with Crippen LogP contribution in [0.1, 0.15) is 10.5 Å². The molecule has 1 amide bonds. The molecule has 0 atom stereocenters. The first-order chi connectivity index (χ1) is 7.92.